The number of carbonyl (C=O) groups is 1. The van der Waals surface area contributed by atoms with Gasteiger partial charge in [0.2, 0.25) is 5.91 Å². The summed E-state index contributed by atoms with van der Waals surface area (Å²) in [5, 5.41) is 5.20. The quantitative estimate of drug-likeness (QED) is 0.530. The molecule has 1 aromatic heterocycles. The van der Waals surface area contributed by atoms with Crippen molar-refractivity contribution in [3.05, 3.63) is 58.3 Å². The molecule has 0 saturated carbocycles. The van der Waals surface area contributed by atoms with Gasteiger partial charge < -0.3 is 19.5 Å². The first-order chi connectivity index (χ1) is 14.6. The number of thiophene rings is 1. The molecule has 3 aromatic rings. The minimum absolute atomic E-state index is 0.0140. The minimum Gasteiger partial charge on any atom is -0.497 e. The van der Waals surface area contributed by atoms with E-state index in [-0.39, 0.29) is 11.8 Å². The first-order valence-electron chi connectivity index (χ1n) is 10.0. The Balaban J connectivity index is 1.70. The Hall–Kier alpha value is -2.99. The molecular weight excluding hydrogens is 398 g/mol. The van der Waals surface area contributed by atoms with E-state index in [2.05, 4.69) is 17.6 Å². The first-order valence-corrected chi connectivity index (χ1v) is 10.9. The van der Waals surface area contributed by atoms with Gasteiger partial charge in [0, 0.05) is 28.2 Å². The van der Waals surface area contributed by atoms with Crippen molar-refractivity contribution in [3.8, 4) is 28.4 Å². The summed E-state index contributed by atoms with van der Waals surface area (Å²) in [6.07, 6.45) is 1.34. The Morgan fingerprint density at radius 2 is 1.87 bits per heavy atom. The Kier molecular flexibility index (Phi) is 5.95. The van der Waals surface area contributed by atoms with Crippen LogP contribution in [0.4, 0.5) is 5.69 Å². The van der Waals surface area contributed by atoms with E-state index >= 15 is 0 Å². The SMILES string of the molecule is CCCOc1ccc([C@@H]2CC(=O)Nc3c(-c4ccc(OC)cc4)csc32)cc1OC. The van der Waals surface area contributed by atoms with Crippen molar-refractivity contribution >= 4 is 22.9 Å². The smallest absolute Gasteiger partial charge is 0.225 e. The largest absolute Gasteiger partial charge is 0.497 e. The van der Waals surface area contributed by atoms with E-state index in [1.165, 1.54) is 0 Å². The van der Waals surface area contributed by atoms with Crippen LogP contribution in [0.15, 0.2) is 47.8 Å². The van der Waals surface area contributed by atoms with E-state index in [4.69, 9.17) is 14.2 Å². The van der Waals surface area contributed by atoms with Gasteiger partial charge in [-0.25, -0.2) is 0 Å². The fourth-order valence-corrected chi connectivity index (χ4v) is 4.87. The monoisotopic (exact) mass is 423 g/mol. The summed E-state index contributed by atoms with van der Waals surface area (Å²) < 4.78 is 16.6. The van der Waals surface area contributed by atoms with Crippen LogP contribution in [0.2, 0.25) is 0 Å². The maximum absolute atomic E-state index is 12.6. The van der Waals surface area contributed by atoms with Gasteiger partial charge >= 0.3 is 0 Å². The molecule has 1 aliphatic rings. The Morgan fingerprint density at radius 3 is 2.57 bits per heavy atom. The molecule has 2 heterocycles. The van der Waals surface area contributed by atoms with Crippen LogP contribution in [-0.2, 0) is 4.79 Å². The highest BCUT2D eigenvalue weighted by Crippen LogP contribution is 2.47. The molecule has 5 nitrogen and oxygen atoms in total. The van der Waals surface area contributed by atoms with Crippen molar-refractivity contribution in [2.75, 3.05) is 26.1 Å². The Morgan fingerprint density at radius 1 is 1.07 bits per heavy atom. The highest BCUT2D eigenvalue weighted by Gasteiger charge is 2.31. The number of amides is 1. The number of fused-ring (bicyclic) bond motifs is 1. The van der Waals surface area contributed by atoms with Gasteiger partial charge in [-0.1, -0.05) is 25.1 Å². The molecule has 0 fully saturated rings. The van der Waals surface area contributed by atoms with Crippen LogP contribution in [0.1, 0.15) is 36.1 Å². The molecule has 2 aromatic carbocycles. The van der Waals surface area contributed by atoms with Crippen LogP contribution in [0.5, 0.6) is 17.2 Å². The lowest BCUT2D eigenvalue weighted by Crippen LogP contribution is -2.22. The van der Waals surface area contributed by atoms with Crippen LogP contribution < -0.4 is 19.5 Å². The fourth-order valence-electron chi connectivity index (χ4n) is 3.71. The summed E-state index contributed by atoms with van der Waals surface area (Å²) >= 11 is 1.68. The van der Waals surface area contributed by atoms with E-state index in [0.717, 1.165) is 45.2 Å². The summed E-state index contributed by atoms with van der Waals surface area (Å²) in [5.74, 6) is 2.24. The van der Waals surface area contributed by atoms with Gasteiger partial charge in [0.15, 0.2) is 11.5 Å². The minimum atomic E-state index is -0.0140. The van der Waals surface area contributed by atoms with Crippen molar-refractivity contribution in [1.29, 1.82) is 0 Å². The van der Waals surface area contributed by atoms with E-state index in [1.54, 1.807) is 25.6 Å². The topological polar surface area (TPSA) is 56.8 Å². The third-order valence-corrected chi connectivity index (χ3v) is 6.34. The Labute approximate surface area is 180 Å². The van der Waals surface area contributed by atoms with E-state index < -0.39 is 0 Å². The molecule has 1 amide bonds. The zero-order valence-electron chi connectivity index (χ0n) is 17.4. The number of ether oxygens (including phenoxy) is 3. The molecule has 0 unspecified atom stereocenters. The van der Waals surface area contributed by atoms with Crippen LogP contribution in [0.3, 0.4) is 0 Å². The van der Waals surface area contributed by atoms with Crippen molar-refractivity contribution < 1.29 is 19.0 Å². The third-order valence-electron chi connectivity index (χ3n) is 5.24. The predicted octanol–water partition coefficient (Wildman–Crippen LogP) is 5.70. The number of nitrogens with one attached hydrogen (secondary N) is 1. The van der Waals surface area contributed by atoms with Crippen LogP contribution >= 0.6 is 11.3 Å². The molecule has 1 atom stereocenters. The molecular formula is C24H25NO4S. The highest BCUT2D eigenvalue weighted by molar-refractivity contribution is 7.11. The molecule has 1 aliphatic heterocycles. The zero-order valence-corrected chi connectivity index (χ0v) is 18.2. The van der Waals surface area contributed by atoms with Crippen molar-refractivity contribution in [2.45, 2.75) is 25.7 Å². The van der Waals surface area contributed by atoms with E-state index in [9.17, 15) is 4.79 Å². The normalized spacial score (nSPS) is 15.3. The molecule has 0 bridgehead atoms. The molecule has 0 radical (unpaired) electrons. The van der Waals surface area contributed by atoms with Gasteiger partial charge in [-0.15, -0.1) is 11.3 Å². The number of benzene rings is 2. The second-order valence-corrected chi connectivity index (χ2v) is 8.09. The van der Waals surface area contributed by atoms with Crippen LogP contribution in [0.25, 0.3) is 11.1 Å². The van der Waals surface area contributed by atoms with Gasteiger partial charge in [-0.3, -0.25) is 4.79 Å². The molecule has 6 heteroatoms. The second kappa shape index (κ2) is 8.79. The average molecular weight is 424 g/mol. The summed E-state index contributed by atoms with van der Waals surface area (Å²) in [5.41, 5.74) is 4.03. The van der Waals surface area contributed by atoms with Gasteiger partial charge in [-0.2, -0.15) is 0 Å². The highest BCUT2D eigenvalue weighted by atomic mass is 32.1. The van der Waals surface area contributed by atoms with Gasteiger partial charge in [-0.05, 0) is 41.8 Å². The van der Waals surface area contributed by atoms with Gasteiger partial charge in [0.05, 0.1) is 26.5 Å². The summed E-state index contributed by atoms with van der Waals surface area (Å²) in [7, 11) is 3.29. The molecule has 156 valence electrons. The van der Waals surface area contributed by atoms with Gasteiger partial charge in [0.1, 0.15) is 5.75 Å². The predicted molar refractivity (Wildman–Crippen MR) is 120 cm³/mol. The maximum Gasteiger partial charge on any atom is 0.225 e. The summed E-state index contributed by atoms with van der Waals surface area (Å²) in [6, 6.07) is 13.9. The number of methoxy groups -OCH3 is 2. The first kappa shape index (κ1) is 20.3. The van der Waals surface area contributed by atoms with E-state index in [0.29, 0.717) is 18.8 Å². The number of carbonyl (C=O) groups excluding carboxylic acids is 1. The van der Waals surface area contributed by atoms with E-state index in [1.807, 2.05) is 42.5 Å². The van der Waals surface area contributed by atoms with Crippen molar-refractivity contribution in [3.63, 3.8) is 0 Å². The lowest BCUT2D eigenvalue weighted by Gasteiger charge is -2.24. The van der Waals surface area contributed by atoms with Crippen LogP contribution in [0, 0.1) is 0 Å². The lowest BCUT2D eigenvalue weighted by atomic mass is 9.89. The molecule has 4 rings (SSSR count). The van der Waals surface area contributed by atoms with Crippen molar-refractivity contribution in [1.82, 2.24) is 0 Å². The second-order valence-electron chi connectivity index (χ2n) is 7.18. The maximum atomic E-state index is 12.6. The number of hydrogen-bond donors (Lipinski definition) is 1. The Bertz CT molecular complexity index is 1040. The standard InChI is InChI=1S/C24H25NO4S/c1-4-11-29-20-10-7-16(12-21(20)28-3)18-13-22(26)25-23-19(14-30-24(18)23)15-5-8-17(27-2)9-6-15/h5-10,12,14,18H,4,11,13H2,1-3H3,(H,25,26)/t18-/m0/s1. The third kappa shape index (κ3) is 3.87. The molecule has 1 N–H and O–H groups in total. The lowest BCUT2D eigenvalue weighted by molar-refractivity contribution is -0.116. The summed E-state index contributed by atoms with van der Waals surface area (Å²) in [4.78, 5) is 13.7. The number of hydrogen-bond acceptors (Lipinski definition) is 5. The van der Waals surface area contributed by atoms with Crippen molar-refractivity contribution in [2.24, 2.45) is 0 Å². The average Bonchev–Trinajstić information content (AvgIpc) is 3.20. The molecule has 0 spiro atoms. The van der Waals surface area contributed by atoms with Gasteiger partial charge in [0.25, 0.3) is 0 Å². The molecule has 30 heavy (non-hydrogen) atoms. The van der Waals surface area contributed by atoms with Crippen LogP contribution in [-0.4, -0.2) is 26.7 Å². The fraction of sp³-hybridized carbons (Fsp3) is 0.292. The summed E-state index contributed by atoms with van der Waals surface area (Å²) in [6.45, 7) is 2.71. The number of anilines is 1. The molecule has 0 saturated heterocycles. The number of rotatable bonds is 7. The molecule has 0 aliphatic carbocycles. The zero-order chi connectivity index (χ0) is 21.1.